The highest BCUT2D eigenvalue weighted by molar-refractivity contribution is 5.89. The normalized spacial score (nSPS) is 10.4. The first-order chi connectivity index (χ1) is 6.72. The number of hydrogen-bond acceptors (Lipinski definition) is 2. The molecule has 0 aliphatic rings. The summed E-state index contributed by atoms with van der Waals surface area (Å²) in [6, 6.07) is 4.36. The SMILES string of the molecule is Cc1c(C=O)cnc2cc(F)ccc12. The minimum Gasteiger partial charge on any atom is -0.298 e. The molecule has 0 atom stereocenters. The van der Waals surface area contributed by atoms with Crippen molar-refractivity contribution in [2.75, 3.05) is 0 Å². The molecule has 0 N–H and O–H groups in total. The lowest BCUT2D eigenvalue weighted by atomic mass is 10.1. The Morgan fingerprint density at radius 2 is 2.21 bits per heavy atom. The fourth-order valence-corrected chi connectivity index (χ4v) is 1.44. The predicted octanol–water partition coefficient (Wildman–Crippen LogP) is 2.49. The highest BCUT2D eigenvalue weighted by atomic mass is 19.1. The van der Waals surface area contributed by atoms with Crippen LogP contribution in [0.4, 0.5) is 4.39 Å². The molecule has 0 bridgehead atoms. The molecule has 0 saturated carbocycles. The molecular formula is C11H8FNO. The van der Waals surface area contributed by atoms with Gasteiger partial charge in [0, 0.05) is 23.2 Å². The van der Waals surface area contributed by atoms with Gasteiger partial charge in [0.15, 0.2) is 6.29 Å². The summed E-state index contributed by atoms with van der Waals surface area (Å²) < 4.78 is 12.8. The maximum Gasteiger partial charge on any atom is 0.151 e. The molecule has 1 aromatic heterocycles. The van der Waals surface area contributed by atoms with E-state index in [9.17, 15) is 9.18 Å². The van der Waals surface area contributed by atoms with Gasteiger partial charge in [0.1, 0.15) is 5.82 Å². The molecule has 70 valence electrons. The van der Waals surface area contributed by atoms with Crippen LogP contribution in [-0.4, -0.2) is 11.3 Å². The van der Waals surface area contributed by atoms with E-state index in [4.69, 9.17) is 0 Å². The summed E-state index contributed by atoms with van der Waals surface area (Å²) in [6.07, 6.45) is 2.22. The van der Waals surface area contributed by atoms with Crippen LogP contribution in [0.3, 0.4) is 0 Å². The maximum absolute atomic E-state index is 12.8. The molecule has 2 rings (SSSR count). The van der Waals surface area contributed by atoms with E-state index in [1.165, 1.54) is 18.3 Å². The Balaban J connectivity index is 2.83. The molecule has 0 aliphatic heterocycles. The number of aryl methyl sites for hydroxylation is 1. The third-order valence-corrected chi connectivity index (χ3v) is 2.27. The van der Waals surface area contributed by atoms with Gasteiger partial charge in [0.05, 0.1) is 5.52 Å². The van der Waals surface area contributed by atoms with Crippen LogP contribution < -0.4 is 0 Å². The van der Waals surface area contributed by atoms with Crippen LogP contribution in [0.2, 0.25) is 0 Å². The molecular weight excluding hydrogens is 181 g/mol. The van der Waals surface area contributed by atoms with Crippen LogP contribution in [0.1, 0.15) is 15.9 Å². The van der Waals surface area contributed by atoms with E-state index in [-0.39, 0.29) is 5.82 Å². The lowest BCUT2D eigenvalue weighted by Crippen LogP contribution is -1.91. The Bertz CT molecular complexity index is 508. The molecule has 0 aliphatic carbocycles. The molecule has 0 radical (unpaired) electrons. The molecule has 1 heterocycles. The van der Waals surface area contributed by atoms with Crippen molar-refractivity contribution in [1.82, 2.24) is 4.98 Å². The topological polar surface area (TPSA) is 30.0 Å². The van der Waals surface area contributed by atoms with Crippen molar-refractivity contribution < 1.29 is 9.18 Å². The number of carbonyl (C=O) groups is 1. The standard InChI is InChI=1S/C11H8FNO/c1-7-8(6-14)5-13-11-4-9(12)2-3-10(7)11/h2-6H,1H3. The lowest BCUT2D eigenvalue weighted by Gasteiger charge is -2.03. The maximum atomic E-state index is 12.8. The monoisotopic (exact) mass is 189 g/mol. The van der Waals surface area contributed by atoms with Crippen LogP contribution in [0.15, 0.2) is 24.4 Å². The number of aldehydes is 1. The second kappa shape index (κ2) is 3.18. The summed E-state index contributed by atoms with van der Waals surface area (Å²) in [5.41, 5.74) is 1.96. The van der Waals surface area contributed by atoms with Crippen molar-refractivity contribution in [2.45, 2.75) is 6.92 Å². The van der Waals surface area contributed by atoms with Crippen LogP contribution in [0.5, 0.6) is 0 Å². The number of carbonyl (C=O) groups excluding carboxylic acids is 1. The summed E-state index contributed by atoms with van der Waals surface area (Å²) in [6.45, 7) is 1.83. The number of hydrogen-bond donors (Lipinski definition) is 0. The fourth-order valence-electron chi connectivity index (χ4n) is 1.44. The minimum atomic E-state index is -0.316. The number of rotatable bonds is 1. The molecule has 1 aromatic carbocycles. The molecule has 0 fully saturated rings. The number of benzene rings is 1. The second-order valence-electron chi connectivity index (χ2n) is 3.12. The zero-order valence-corrected chi connectivity index (χ0v) is 7.62. The highest BCUT2D eigenvalue weighted by Crippen LogP contribution is 2.19. The quantitative estimate of drug-likeness (QED) is 0.645. The van der Waals surface area contributed by atoms with E-state index in [0.717, 1.165) is 17.2 Å². The first-order valence-corrected chi connectivity index (χ1v) is 4.22. The number of pyridine rings is 1. The second-order valence-corrected chi connectivity index (χ2v) is 3.12. The Hall–Kier alpha value is -1.77. The van der Waals surface area contributed by atoms with Gasteiger partial charge in [-0.1, -0.05) is 0 Å². The molecule has 0 spiro atoms. The van der Waals surface area contributed by atoms with Crippen LogP contribution in [-0.2, 0) is 0 Å². The Kier molecular flexibility index (Phi) is 2.00. The van der Waals surface area contributed by atoms with Crippen molar-refractivity contribution in [3.63, 3.8) is 0 Å². The van der Waals surface area contributed by atoms with Crippen LogP contribution >= 0.6 is 0 Å². The third kappa shape index (κ3) is 1.27. The Morgan fingerprint density at radius 3 is 2.93 bits per heavy atom. The number of nitrogens with zero attached hydrogens (tertiary/aromatic N) is 1. The van der Waals surface area contributed by atoms with Crippen LogP contribution in [0, 0.1) is 12.7 Å². The van der Waals surface area contributed by atoms with Gasteiger partial charge in [-0.2, -0.15) is 0 Å². The van der Waals surface area contributed by atoms with Crippen molar-refractivity contribution in [3.8, 4) is 0 Å². The van der Waals surface area contributed by atoms with Crippen molar-refractivity contribution in [2.24, 2.45) is 0 Å². The summed E-state index contributed by atoms with van der Waals surface area (Å²) >= 11 is 0. The third-order valence-electron chi connectivity index (χ3n) is 2.27. The van der Waals surface area contributed by atoms with Crippen molar-refractivity contribution in [3.05, 3.63) is 41.3 Å². The van der Waals surface area contributed by atoms with E-state index in [0.29, 0.717) is 11.1 Å². The highest BCUT2D eigenvalue weighted by Gasteiger charge is 2.04. The summed E-state index contributed by atoms with van der Waals surface area (Å²) in [4.78, 5) is 14.6. The van der Waals surface area contributed by atoms with Crippen molar-refractivity contribution >= 4 is 17.2 Å². The zero-order chi connectivity index (χ0) is 10.1. The van der Waals surface area contributed by atoms with E-state index in [1.807, 2.05) is 6.92 Å². The van der Waals surface area contributed by atoms with Gasteiger partial charge in [0.2, 0.25) is 0 Å². The molecule has 0 amide bonds. The largest absolute Gasteiger partial charge is 0.298 e. The first kappa shape index (κ1) is 8.81. The number of aromatic nitrogens is 1. The molecule has 14 heavy (non-hydrogen) atoms. The first-order valence-electron chi connectivity index (χ1n) is 4.22. The minimum absolute atomic E-state index is 0.316. The molecule has 0 saturated heterocycles. The van der Waals surface area contributed by atoms with Gasteiger partial charge < -0.3 is 0 Å². The van der Waals surface area contributed by atoms with Crippen molar-refractivity contribution in [1.29, 1.82) is 0 Å². The van der Waals surface area contributed by atoms with E-state index in [2.05, 4.69) is 4.98 Å². The van der Waals surface area contributed by atoms with E-state index >= 15 is 0 Å². The van der Waals surface area contributed by atoms with Gasteiger partial charge in [-0.3, -0.25) is 9.78 Å². The predicted molar refractivity (Wildman–Crippen MR) is 51.8 cm³/mol. The van der Waals surface area contributed by atoms with Gasteiger partial charge in [-0.25, -0.2) is 4.39 Å². The zero-order valence-electron chi connectivity index (χ0n) is 7.62. The fraction of sp³-hybridized carbons (Fsp3) is 0.0909. The number of fused-ring (bicyclic) bond motifs is 1. The van der Waals surface area contributed by atoms with Gasteiger partial charge in [-0.05, 0) is 24.6 Å². The lowest BCUT2D eigenvalue weighted by molar-refractivity contribution is 0.112. The van der Waals surface area contributed by atoms with Crippen LogP contribution in [0.25, 0.3) is 10.9 Å². The number of halogens is 1. The molecule has 3 heteroatoms. The molecule has 2 aromatic rings. The summed E-state index contributed by atoms with van der Waals surface area (Å²) in [7, 11) is 0. The van der Waals surface area contributed by atoms with Gasteiger partial charge >= 0.3 is 0 Å². The average molecular weight is 189 g/mol. The van der Waals surface area contributed by atoms with E-state index in [1.54, 1.807) is 6.07 Å². The summed E-state index contributed by atoms with van der Waals surface area (Å²) in [5.74, 6) is -0.316. The molecule has 2 nitrogen and oxygen atoms in total. The van der Waals surface area contributed by atoms with Gasteiger partial charge in [-0.15, -0.1) is 0 Å². The van der Waals surface area contributed by atoms with E-state index < -0.39 is 0 Å². The smallest absolute Gasteiger partial charge is 0.151 e. The average Bonchev–Trinajstić information content (AvgIpc) is 2.18. The van der Waals surface area contributed by atoms with Gasteiger partial charge in [0.25, 0.3) is 0 Å². The Labute approximate surface area is 80.4 Å². The molecule has 0 unspecified atom stereocenters. The Morgan fingerprint density at radius 1 is 1.43 bits per heavy atom. The summed E-state index contributed by atoms with van der Waals surface area (Å²) in [5, 5.41) is 0.816.